The second-order valence-electron chi connectivity index (χ2n) is 5.26. The van der Waals surface area contributed by atoms with E-state index in [4.69, 9.17) is 5.26 Å². The molecule has 1 amide bonds. The quantitative estimate of drug-likeness (QED) is 0.683. The fourth-order valence-electron chi connectivity index (χ4n) is 2.26. The second-order valence-corrected chi connectivity index (χ2v) is 7.15. The van der Waals surface area contributed by atoms with Crippen molar-refractivity contribution in [3.63, 3.8) is 0 Å². The summed E-state index contributed by atoms with van der Waals surface area (Å²) in [6.07, 6.45) is -3.11. The highest BCUT2D eigenvalue weighted by atomic mass is 32.1. The highest BCUT2D eigenvalue weighted by molar-refractivity contribution is 7.15. The van der Waals surface area contributed by atoms with Crippen LogP contribution in [0.25, 0.3) is 0 Å². The van der Waals surface area contributed by atoms with Gasteiger partial charge in [-0.15, -0.1) is 11.3 Å². The summed E-state index contributed by atoms with van der Waals surface area (Å²) in [5.74, 6) is -0.318. The van der Waals surface area contributed by atoms with E-state index in [1.54, 1.807) is 22.9 Å². The molecule has 0 aliphatic carbocycles. The zero-order valence-electron chi connectivity index (χ0n) is 13.0. The van der Waals surface area contributed by atoms with Crippen molar-refractivity contribution in [3.05, 3.63) is 68.4 Å². The molecule has 1 aromatic carbocycles. The van der Waals surface area contributed by atoms with Crippen molar-refractivity contribution in [2.45, 2.75) is 12.6 Å². The lowest BCUT2D eigenvalue weighted by atomic mass is 10.0. The van der Waals surface area contributed by atoms with Crippen LogP contribution in [0, 0.1) is 11.3 Å². The topological polar surface area (TPSA) is 65.8 Å². The summed E-state index contributed by atoms with van der Waals surface area (Å²) in [6, 6.07) is 6.87. The Kier molecular flexibility index (Phi) is 5.06. The maximum absolute atomic E-state index is 13.2. The van der Waals surface area contributed by atoms with Gasteiger partial charge in [0.1, 0.15) is 0 Å². The van der Waals surface area contributed by atoms with Gasteiger partial charge in [-0.2, -0.15) is 29.8 Å². The van der Waals surface area contributed by atoms with E-state index in [0.29, 0.717) is 15.6 Å². The third-order valence-electron chi connectivity index (χ3n) is 3.47. The van der Waals surface area contributed by atoms with Crippen molar-refractivity contribution in [1.29, 1.82) is 5.26 Å². The first-order chi connectivity index (χ1) is 12.4. The van der Waals surface area contributed by atoms with Gasteiger partial charge in [0.25, 0.3) is 5.91 Å². The van der Waals surface area contributed by atoms with E-state index in [9.17, 15) is 18.0 Å². The molecule has 2 heterocycles. The van der Waals surface area contributed by atoms with Crippen LogP contribution < -0.4 is 5.32 Å². The Morgan fingerprint density at radius 1 is 1.31 bits per heavy atom. The number of benzene rings is 1. The predicted octanol–water partition coefficient (Wildman–Crippen LogP) is 4.94. The summed E-state index contributed by atoms with van der Waals surface area (Å²) in [4.78, 5) is 16.6. The Hall–Kier alpha value is -2.70. The van der Waals surface area contributed by atoms with Gasteiger partial charge in [-0.05, 0) is 29.1 Å². The third-order valence-corrected chi connectivity index (χ3v) is 5.06. The van der Waals surface area contributed by atoms with Gasteiger partial charge in [0.05, 0.1) is 22.8 Å². The lowest BCUT2D eigenvalue weighted by molar-refractivity contribution is -0.138. The van der Waals surface area contributed by atoms with E-state index < -0.39 is 11.7 Å². The molecule has 3 rings (SSSR count). The number of halogens is 3. The second kappa shape index (κ2) is 7.27. The van der Waals surface area contributed by atoms with Crippen molar-refractivity contribution < 1.29 is 18.0 Å². The Morgan fingerprint density at radius 3 is 2.77 bits per heavy atom. The molecule has 0 aliphatic rings. The van der Waals surface area contributed by atoms with Crippen molar-refractivity contribution in [2.75, 3.05) is 5.32 Å². The maximum Gasteiger partial charge on any atom is 0.416 e. The van der Waals surface area contributed by atoms with Crippen LogP contribution >= 0.6 is 22.7 Å². The molecular weight excluding hydrogens is 383 g/mol. The number of anilines is 1. The van der Waals surface area contributed by atoms with Gasteiger partial charge < -0.3 is 0 Å². The highest BCUT2D eigenvalue weighted by Gasteiger charge is 2.33. The average Bonchev–Trinajstić information content (AvgIpc) is 3.26. The van der Waals surface area contributed by atoms with Gasteiger partial charge in [-0.3, -0.25) is 10.1 Å². The SMILES string of the molecule is N#Cc1ccc(Cc2cnc(NC(=O)c3ccsc3)s2)c(C(F)(F)F)c1. The first-order valence-corrected chi connectivity index (χ1v) is 9.01. The monoisotopic (exact) mass is 393 g/mol. The number of alkyl halides is 3. The zero-order chi connectivity index (χ0) is 18.7. The lowest BCUT2D eigenvalue weighted by Crippen LogP contribution is -2.10. The first-order valence-electron chi connectivity index (χ1n) is 7.25. The number of carbonyl (C=O) groups is 1. The Bertz CT molecular complexity index is 972. The van der Waals surface area contributed by atoms with Gasteiger partial charge in [0.2, 0.25) is 0 Å². The number of nitrogens with zero attached hydrogens (tertiary/aromatic N) is 2. The van der Waals surface area contributed by atoms with Crippen LogP contribution in [-0.2, 0) is 12.6 Å². The summed E-state index contributed by atoms with van der Waals surface area (Å²) in [6.45, 7) is 0. The van der Waals surface area contributed by atoms with Gasteiger partial charge >= 0.3 is 6.18 Å². The maximum atomic E-state index is 13.2. The molecule has 0 aliphatic heterocycles. The molecule has 0 bridgehead atoms. The average molecular weight is 393 g/mol. The van der Waals surface area contributed by atoms with Crippen LogP contribution in [0.1, 0.15) is 31.9 Å². The molecule has 0 spiro atoms. The van der Waals surface area contributed by atoms with Gasteiger partial charge in [0, 0.05) is 22.9 Å². The Morgan fingerprint density at radius 2 is 2.12 bits per heavy atom. The number of carbonyl (C=O) groups excluding carboxylic acids is 1. The molecule has 0 fully saturated rings. The largest absolute Gasteiger partial charge is 0.416 e. The van der Waals surface area contributed by atoms with Crippen LogP contribution in [0.4, 0.5) is 18.3 Å². The van der Waals surface area contributed by atoms with Crippen LogP contribution in [-0.4, -0.2) is 10.9 Å². The van der Waals surface area contributed by atoms with E-state index in [0.717, 1.165) is 17.4 Å². The van der Waals surface area contributed by atoms with Crippen LogP contribution in [0.2, 0.25) is 0 Å². The summed E-state index contributed by atoms with van der Waals surface area (Å²) >= 11 is 2.50. The molecule has 0 radical (unpaired) electrons. The molecule has 132 valence electrons. The number of amides is 1. The highest BCUT2D eigenvalue weighted by Crippen LogP contribution is 2.34. The smallest absolute Gasteiger partial charge is 0.298 e. The van der Waals surface area contributed by atoms with Crippen LogP contribution in [0.3, 0.4) is 0 Å². The molecular formula is C17H10F3N3OS2. The predicted molar refractivity (Wildman–Crippen MR) is 93.4 cm³/mol. The number of nitriles is 1. The van der Waals surface area contributed by atoms with E-state index in [2.05, 4.69) is 10.3 Å². The molecule has 4 nitrogen and oxygen atoms in total. The van der Waals surface area contributed by atoms with Crippen molar-refractivity contribution in [1.82, 2.24) is 4.98 Å². The molecule has 0 atom stereocenters. The minimum Gasteiger partial charge on any atom is -0.298 e. The molecule has 1 N–H and O–H groups in total. The Balaban J connectivity index is 1.79. The molecule has 2 aromatic heterocycles. The number of hydrogen-bond acceptors (Lipinski definition) is 5. The molecule has 0 saturated carbocycles. The summed E-state index contributed by atoms with van der Waals surface area (Å²) in [5.41, 5.74) is -0.336. The first kappa shape index (κ1) is 18.1. The number of aromatic nitrogens is 1. The summed E-state index contributed by atoms with van der Waals surface area (Å²) in [7, 11) is 0. The Labute approximate surface area is 154 Å². The van der Waals surface area contributed by atoms with Crippen molar-refractivity contribution in [2.24, 2.45) is 0 Å². The van der Waals surface area contributed by atoms with Crippen LogP contribution in [0.15, 0.2) is 41.2 Å². The van der Waals surface area contributed by atoms with Crippen molar-refractivity contribution in [3.8, 4) is 6.07 Å². The fraction of sp³-hybridized carbons (Fsp3) is 0.118. The minimum absolute atomic E-state index is 0.00649. The third kappa shape index (κ3) is 4.09. The number of hydrogen-bond donors (Lipinski definition) is 1. The normalized spacial score (nSPS) is 11.2. The van der Waals surface area contributed by atoms with Crippen LogP contribution in [0.5, 0.6) is 0 Å². The number of rotatable bonds is 4. The lowest BCUT2D eigenvalue weighted by Gasteiger charge is -2.12. The minimum atomic E-state index is -4.55. The van der Waals surface area contributed by atoms with Gasteiger partial charge in [-0.1, -0.05) is 6.07 Å². The molecule has 9 heteroatoms. The van der Waals surface area contributed by atoms with Gasteiger partial charge in [0.15, 0.2) is 5.13 Å². The van der Waals surface area contributed by atoms with Crippen molar-refractivity contribution >= 4 is 33.7 Å². The van der Waals surface area contributed by atoms with E-state index >= 15 is 0 Å². The number of nitrogens with one attached hydrogen (secondary N) is 1. The fourth-order valence-corrected chi connectivity index (χ4v) is 3.73. The standard InChI is InChI=1S/C17H10F3N3OS2/c18-17(19,20)14-5-10(7-21)1-2-11(14)6-13-8-22-16(26-13)23-15(24)12-3-4-25-9-12/h1-5,8-9H,6H2,(H,22,23,24). The summed E-state index contributed by atoms with van der Waals surface area (Å²) in [5, 5.41) is 15.2. The number of thiophene rings is 1. The van der Waals surface area contributed by atoms with E-state index in [-0.39, 0.29) is 23.5 Å². The summed E-state index contributed by atoms with van der Waals surface area (Å²) < 4.78 is 39.7. The number of thiazole rings is 1. The molecule has 3 aromatic rings. The van der Waals surface area contributed by atoms with E-state index in [1.165, 1.54) is 29.7 Å². The zero-order valence-corrected chi connectivity index (χ0v) is 14.6. The molecule has 26 heavy (non-hydrogen) atoms. The van der Waals surface area contributed by atoms with Gasteiger partial charge in [-0.25, -0.2) is 4.98 Å². The van der Waals surface area contributed by atoms with E-state index in [1.807, 2.05) is 0 Å². The molecule has 0 saturated heterocycles. The molecule has 0 unspecified atom stereocenters.